The lowest BCUT2D eigenvalue weighted by atomic mass is 10.0. The predicted molar refractivity (Wildman–Crippen MR) is 100 cm³/mol. The zero-order valence-corrected chi connectivity index (χ0v) is 16.0. The van der Waals surface area contributed by atoms with E-state index in [1.54, 1.807) is 29.9 Å². The maximum absolute atomic E-state index is 13.2. The van der Waals surface area contributed by atoms with Crippen LogP contribution in [-0.2, 0) is 19.6 Å². The lowest BCUT2D eigenvalue weighted by Gasteiger charge is -2.05. The standard InChI is InChI=1S/C20H16F4N6/c1-12-17(28-29(2)19(12)13-3-5-15(21)6-4-13)7-16-8-18(26-11-25-16)30-10-14(9-27-30)20(22,23)24/h3-6,8-11H,7H2,1-2H3. The highest BCUT2D eigenvalue weighted by molar-refractivity contribution is 5.64. The van der Waals surface area contributed by atoms with Crippen molar-refractivity contribution in [3.8, 4) is 17.1 Å². The molecule has 10 heteroatoms. The molecule has 3 heterocycles. The van der Waals surface area contributed by atoms with Crippen LogP contribution < -0.4 is 0 Å². The van der Waals surface area contributed by atoms with Crippen LogP contribution in [-0.4, -0.2) is 29.5 Å². The summed E-state index contributed by atoms with van der Waals surface area (Å²) in [4.78, 5) is 8.22. The number of aryl methyl sites for hydroxylation is 1. The zero-order chi connectivity index (χ0) is 21.5. The molecule has 0 aliphatic heterocycles. The second kappa shape index (κ2) is 7.36. The summed E-state index contributed by atoms with van der Waals surface area (Å²) in [7, 11) is 1.79. The van der Waals surface area contributed by atoms with Crippen LogP contribution in [0, 0.1) is 12.7 Å². The highest BCUT2D eigenvalue weighted by Crippen LogP contribution is 2.29. The third-order valence-electron chi connectivity index (χ3n) is 4.70. The molecule has 3 aromatic heterocycles. The molecule has 0 saturated carbocycles. The maximum atomic E-state index is 13.2. The molecule has 0 aliphatic rings. The summed E-state index contributed by atoms with van der Waals surface area (Å²) < 4.78 is 54.4. The summed E-state index contributed by atoms with van der Waals surface area (Å²) in [5.41, 5.74) is 3.06. The Kier molecular flexibility index (Phi) is 4.84. The molecule has 30 heavy (non-hydrogen) atoms. The van der Waals surface area contributed by atoms with Crippen molar-refractivity contribution < 1.29 is 17.6 Å². The van der Waals surface area contributed by atoms with Crippen LogP contribution in [0.2, 0.25) is 0 Å². The Balaban J connectivity index is 1.63. The second-order valence-corrected chi connectivity index (χ2v) is 6.77. The van der Waals surface area contributed by atoms with E-state index in [1.807, 2.05) is 6.92 Å². The van der Waals surface area contributed by atoms with Crippen LogP contribution in [0.25, 0.3) is 17.1 Å². The van der Waals surface area contributed by atoms with Gasteiger partial charge in [-0.3, -0.25) is 4.68 Å². The Morgan fingerprint density at radius 3 is 2.47 bits per heavy atom. The maximum Gasteiger partial charge on any atom is 0.419 e. The topological polar surface area (TPSA) is 61.4 Å². The first-order valence-electron chi connectivity index (χ1n) is 8.94. The summed E-state index contributed by atoms with van der Waals surface area (Å²) in [6, 6.07) is 7.71. The van der Waals surface area contributed by atoms with Crippen molar-refractivity contribution in [3.05, 3.63) is 77.4 Å². The molecule has 0 N–H and O–H groups in total. The van der Waals surface area contributed by atoms with Crippen LogP contribution in [0.3, 0.4) is 0 Å². The quantitative estimate of drug-likeness (QED) is 0.470. The first-order valence-corrected chi connectivity index (χ1v) is 8.94. The fourth-order valence-electron chi connectivity index (χ4n) is 3.24. The second-order valence-electron chi connectivity index (χ2n) is 6.77. The van der Waals surface area contributed by atoms with Gasteiger partial charge in [0.2, 0.25) is 0 Å². The Morgan fingerprint density at radius 2 is 1.80 bits per heavy atom. The molecule has 154 valence electrons. The van der Waals surface area contributed by atoms with Gasteiger partial charge in [0.1, 0.15) is 12.1 Å². The zero-order valence-electron chi connectivity index (χ0n) is 16.0. The molecule has 6 nitrogen and oxygen atoms in total. The van der Waals surface area contributed by atoms with E-state index in [2.05, 4.69) is 20.2 Å². The van der Waals surface area contributed by atoms with E-state index in [4.69, 9.17) is 0 Å². The Bertz CT molecular complexity index is 1190. The normalized spacial score (nSPS) is 11.8. The Morgan fingerprint density at radius 1 is 1.07 bits per heavy atom. The van der Waals surface area contributed by atoms with Crippen molar-refractivity contribution in [2.75, 3.05) is 0 Å². The van der Waals surface area contributed by atoms with Gasteiger partial charge in [-0.25, -0.2) is 19.0 Å². The molecule has 0 amide bonds. The summed E-state index contributed by atoms with van der Waals surface area (Å²) in [6.45, 7) is 1.91. The SMILES string of the molecule is Cc1c(Cc2cc(-n3cc(C(F)(F)F)cn3)ncn2)nn(C)c1-c1ccc(F)cc1. The van der Waals surface area contributed by atoms with E-state index in [1.165, 1.54) is 18.5 Å². The van der Waals surface area contributed by atoms with E-state index in [-0.39, 0.29) is 11.6 Å². The molecule has 4 aromatic rings. The lowest BCUT2D eigenvalue weighted by Crippen LogP contribution is -2.04. The van der Waals surface area contributed by atoms with E-state index >= 15 is 0 Å². The monoisotopic (exact) mass is 416 g/mol. The van der Waals surface area contributed by atoms with Gasteiger partial charge >= 0.3 is 6.18 Å². The summed E-state index contributed by atoms with van der Waals surface area (Å²) in [6.07, 6.45) is -1.22. The van der Waals surface area contributed by atoms with E-state index in [0.29, 0.717) is 12.1 Å². The van der Waals surface area contributed by atoms with E-state index in [0.717, 1.165) is 39.6 Å². The minimum absolute atomic E-state index is 0.225. The third kappa shape index (κ3) is 3.80. The number of alkyl halides is 3. The molecule has 0 radical (unpaired) electrons. The molecule has 0 aliphatic carbocycles. The Labute approximate surface area is 168 Å². The van der Waals surface area contributed by atoms with Gasteiger partial charge in [0.15, 0.2) is 5.82 Å². The van der Waals surface area contributed by atoms with Crippen LogP contribution in [0.4, 0.5) is 17.6 Å². The first kappa shape index (κ1) is 19.7. The minimum atomic E-state index is -4.48. The summed E-state index contributed by atoms with van der Waals surface area (Å²) in [5, 5.41) is 8.27. The molecule has 0 unspecified atom stereocenters. The van der Waals surface area contributed by atoms with Crippen molar-refractivity contribution in [1.82, 2.24) is 29.5 Å². The van der Waals surface area contributed by atoms with Gasteiger partial charge in [0, 0.05) is 31.3 Å². The van der Waals surface area contributed by atoms with Gasteiger partial charge in [-0.2, -0.15) is 23.4 Å². The van der Waals surface area contributed by atoms with Crippen molar-refractivity contribution in [2.45, 2.75) is 19.5 Å². The molecule has 0 atom stereocenters. The highest BCUT2D eigenvalue weighted by Gasteiger charge is 2.32. The van der Waals surface area contributed by atoms with Gasteiger partial charge in [-0.05, 0) is 36.8 Å². The van der Waals surface area contributed by atoms with Crippen LogP contribution in [0.15, 0.2) is 49.1 Å². The molecule has 0 saturated heterocycles. The van der Waals surface area contributed by atoms with Gasteiger partial charge in [-0.1, -0.05) is 0 Å². The largest absolute Gasteiger partial charge is 0.419 e. The highest BCUT2D eigenvalue weighted by atomic mass is 19.4. The van der Waals surface area contributed by atoms with Crippen molar-refractivity contribution in [3.63, 3.8) is 0 Å². The van der Waals surface area contributed by atoms with Crippen molar-refractivity contribution in [2.24, 2.45) is 7.05 Å². The predicted octanol–water partition coefficient (Wildman–Crippen LogP) is 4.12. The molecule has 0 fully saturated rings. The third-order valence-corrected chi connectivity index (χ3v) is 4.70. The van der Waals surface area contributed by atoms with Crippen molar-refractivity contribution >= 4 is 0 Å². The van der Waals surface area contributed by atoms with Crippen LogP contribution in [0.5, 0.6) is 0 Å². The molecular formula is C20H16F4N6. The number of hydrogen-bond acceptors (Lipinski definition) is 4. The van der Waals surface area contributed by atoms with Gasteiger partial charge in [-0.15, -0.1) is 0 Å². The van der Waals surface area contributed by atoms with Crippen molar-refractivity contribution in [1.29, 1.82) is 0 Å². The number of hydrogen-bond donors (Lipinski definition) is 0. The lowest BCUT2D eigenvalue weighted by molar-refractivity contribution is -0.137. The fraction of sp³-hybridized carbons (Fsp3) is 0.200. The number of rotatable bonds is 4. The van der Waals surface area contributed by atoms with Crippen LogP contribution >= 0.6 is 0 Å². The fourth-order valence-corrected chi connectivity index (χ4v) is 3.24. The summed E-state index contributed by atoms with van der Waals surface area (Å²) in [5.74, 6) is -0.0949. The average Bonchev–Trinajstić information content (AvgIpc) is 3.29. The number of aromatic nitrogens is 6. The minimum Gasteiger partial charge on any atom is -0.267 e. The van der Waals surface area contributed by atoms with Gasteiger partial charge in [0.05, 0.1) is 28.8 Å². The van der Waals surface area contributed by atoms with E-state index < -0.39 is 11.7 Å². The smallest absolute Gasteiger partial charge is 0.267 e. The molecular weight excluding hydrogens is 400 g/mol. The summed E-state index contributed by atoms with van der Waals surface area (Å²) >= 11 is 0. The molecule has 1 aromatic carbocycles. The van der Waals surface area contributed by atoms with Gasteiger partial charge in [0.25, 0.3) is 0 Å². The number of halogens is 4. The average molecular weight is 416 g/mol. The van der Waals surface area contributed by atoms with Gasteiger partial charge < -0.3 is 0 Å². The first-order chi connectivity index (χ1) is 14.2. The molecule has 0 spiro atoms. The number of nitrogens with zero attached hydrogens (tertiary/aromatic N) is 6. The van der Waals surface area contributed by atoms with Crippen LogP contribution in [0.1, 0.15) is 22.5 Å². The van der Waals surface area contributed by atoms with E-state index in [9.17, 15) is 17.6 Å². The Hall–Kier alpha value is -3.56. The molecule has 4 rings (SSSR count). The number of benzene rings is 1. The molecule has 0 bridgehead atoms.